The minimum Gasteiger partial charge on any atom is -0.206 e. The van der Waals surface area contributed by atoms with Crippen molar-refractivity contribution in [3.05, 3.63) is 118 Å². The smallest absolute Gasteiger partial charge is 0.134 e. The molecule has 0 N–H and O–H groups in total. The van der Waals surface area contributed by atoms with Gasteiger partial charge in [-0.3, -0.25) is 0 Å². The Kier molecular flexibility index (Phi) is 11.2. The maximum absolute atomic E-state index is 15.0. The summed E-state index contributed by atoms with van der Waals surface area (Å²) in [5, 5.41) is 1.61. The fourth-order valence-corrected chi connectivity index (χ4v) is 5.17. The Balaban J connectivity index is 1.31. The molecule has 0 aliphatic rings. The van der Waals surface area contributed by atoms with Crippen molar-refractivity contribution in [3.63, 3.8) is 0 Å². The van der Waals surface area contributed by atoms with Crippen LogP contribution in [0, 0.1) is 17.7 Å². The van der Waals surface area contributed by atoms with E-state index in [1.54, 1.807) is 0 Å². The standard InChI is InChI=1S/C38H43F/c1-3-5-7-9-11-30-13-15-31(16-14-30)17-18-32-19-21-33(22-20-32)23-24-34-25-28-37-36(29-34)27-26-35(38(37)39)12-10-8-6-4-2/h13-16,19-22,25-29H,3-12,17-18H2,1-2H3. The molecule has 0 saturated heterocycles. The SMILES string of the molecule is CCCCCCc1ccc(CCc2ccc(C#Cc3ccc4c(F)c(CCCCCC)ccc4c3)cc2)cc1. The number of unbranched alkanes of at least 4 members (excludes halogenated alkanes) is 6. The van der Waals surface area contributed by atoms with Crippen molar-refractivity contribution in [1.82, 2.24) is 0 Å². The summed E-state index contributed by atoms with van der Waals surface area (Å²) < 4.78 is 15.0. The topological polar surface area (TPSA) is 0 Å². The molecule has 0 aliphatic carbocycles. The Labute approximate surface area is 235 Å². The van der Waals surface area contributed by atoms with Crippen LogP contribution in [-0.4, -0.2) is 0 Å². The molecule has 0 spiro atoms. The third kappa shape index (κ3) is 8.83. The zero-order valence-electron chi connectivity index (χ0n) is 23.9. The van der Waals surface area contributed by atoms with Gasteiger partial charge in [0.15, 0.2) is 0 Å². The highest BCUT2D eigenvalue weighted by Crippen LogP contribution is 2.24. The van der Waals surface area contributed by atoms with Crippen LogP contribution in [0.5, 0.6) is 0 Å². The molecule has 0 aromatic heterocycles. The van der Waals surface area contributed by atoms with Gasteiger partial charge >= 0.3 is 0 Å². The number of hydrogen-bond acceptors (Lipinski definition) is 0. The van der Waals surface area contributed by atoms with Gasteiger partial charge in [-0.2, -0.15) is 0 Å². The van der Waals surface area contributed by atoms with E-state index >= 15 is 4.39 Å². The van der Waals surface area contributed by atoms with Crippen molar-refractivity contribution >= 4 is 10.8 Å². The van der Waals surface area contributed by atoms with Gasteiger partial charge in [0.25, 0.3) is 0 Å². The van der Waals surface area contributed by atoms with Gasteiger partial charge in [0.05, 0.1) is 0 Å². The third-order valence-electron chi connectivity index (χ3n) is 7.68. The van der Waals surface area contributed by atoms with Crippen LogP contribution in [-0.2, 0) is 25.7 Å². The predicted octanol–water partition coefficient (Wildman–Crippen LogP) is 10.4. The average Bonchev–Trinajstić information content (AvgIpc) is 2.97. The molecule has 0 heterocycles. The van der Waals surface area contributed by atoms with Gasteiger partial charge in [-0.05, 0) is 90.4 Å². The first-order valence-electron chi connectivity index (χ1n) is 15.1. The van der Waals surface area contributed by atoms with E-state index in [1.807, 2.05) is 30.3 Å². The Morgan fingerprint density at radius 1 is 0.513 bits per heavy atom. The quantitative estimate of drug-likeness (QED) is 0.122. The number of rotatable bonds is 13. The van der Waals surface area contributed by atoms with Crippen LogP contribution >= 0.6 is 0 Å². The van der Waals surface area contributed by atoms with E-state index in [0.29, 0.717) is 5.39 Å². The second kappa shape index (κ2) is 15.3. The van der Waals surface area contributed by atoms with Crippen molar-refractivity contribution in [2.24, 2.45) is 0 Å². The summed E-state index contributed by atoms with van der Waals surface area (Å²) >= 11 is 0. The molecular formula is C38H43F. The Morgan fingerprint density at radius 2 is 1.05 bits per heavy atom. The van der Waals surface area contributed by atoms with Gasteiger partial charge < -0.3 is 0 Å². The maximum atomic E-state index is 15.0. The number of aryl methyl sites for hydroxylation is 4. The molecule has 0 nitrogen and oxygen atoms in total. The van der Waals surface area contributed by atoms with Gasteiger partial charge in [-0.15, -0.1) is 0 Å². The number of hydrogen-bond donors (Lipinski definition) is 0. The Morgan fingerprint density at radius 3 is 1.69 bits per heavy atom. The van der Waals surface area contributed by atoms with E-state index in [1.165, 1.54) is 61.6 Å². The lowest BCUT2D eigenvalue weighted by Crippen LogP contribution is -1.93. The maximum Gasteiger partial charge on any atom is 0.134 e. The molecule has 39 heavy (non-hydrogen) atoms. The monoisotopic (exact) mass is 518 g/mol. The second-order valence-electron chi connectivity index (χ2n) is 10.9. The van der Waals surface area contributed by atoms with Crippen LogP contribution in [0.25, 0.3) is 10.8 Å². The zero-order valence-corrected chi connectivity index (χ0v) is 23.9. The lowest BCUT2D eigenvalue weighted by atomic mass is 9.99. The molecular weight excluding hydrogens is 475 g/mol. The first-order valence-corrected chi connectivity index (χ1v) is 15.1. The van der Waals surface area contributed by atoms with Gasteiger partial charge in [0.1, 0.15) is 5.82 Å². The van der Waals surface area contributed by atoms with E-state index < -0.39 is 0 Å². The molecule has 1 heteroatoms. The van der Waals surface area contributed by atoms with Gasteiger partial charge in [-0.25, -0.2) is 4.39 Å². The fraction of sp³-hybridized carbons (Fsp3) is 0.368. The third-order valence-corrected chi connectivity index (χ3v) is 7.68. The number of fused-ring (bicyclic) bond motifs is 1. The van der Waals surface area contributed by atoms with Crippen LogP contribution in [0.2, 0.25) is 0 Å². The van der Waals surface area contributed by atoms with E-state index in [-0.39, 0.29) is 5.82 Å². The first-order chi connectivity index (χ1) is 19.2. The van der Waals surface area contributed by atoms with Crippen molar-refractivity contribution in [3.8, 4) is 11.8 Å². The normalized spacial score (nSPS) is 10.9. The number of benzene rings is 4. The molecule has 0 unspecified atom stereocenters. The van der Waals surface area contributed by atoms with Crippen molar-refractivity contribution in [1.29, 1.82) is 0 Å². The molecule has 0 radical (unpaired) electrons. The van der Waals surface area contributed by atoms with Gasteiger partial charge in [-0.1, -0.05) is 119 Å². The molecule has 0 bridgehead atoms. The highest BCUT2D eigenvalue weighted by molar-refractivity contribution is 5.85. The minimum atomic E-state index is -0.0718. The summed E-state index contributed by atoms with van der Waals surface area (Å²) in [6.45, 7) is 4.46. The van der Waals surface area contributed by atoms with Crippen LogP contribution < -0.4 is 0 Å². The molecule has 4 rings (SSSR count). The molecule has 0 fully saturated rings. The summed E-state index contributed by atoms with van der Waals surface area (Å²) in [5.74, 6) is 6.47. The molecule has 202 valence electrons. The van der Waals surface area contributed by atoms with Crippen LogP contribution in [0.4, 0.5) is 4.39 Å². The predicted molar refractivity (Wildman–Crippen MR) is 166 cm³/mol. The summed E-state index contributed by atoms with van der Waals surface area (Å²) in [4.78, 5) is 0. The average molecular weight is 519 g/mol. The first kappa shape index (κ1) is 28.6. The van der Waals surface area contributed by atoms with Crippen LogP contribution in [0.3, 0.4) is 0 Å². The minimum absolute atomic E-state index is 0.0718. The molecule has 4 aromatic rings. The number of halogens is 1. The Bertz CT molecular complexity index is 1370. The highest BCUT2D eigenvalue weighted by atomic mass is 19.1. The molecule has 0 saturated carbocycles. The van der Waals surface area contributed by atoms with Crippen molar-refractivity contribution in [2.45, 2.75) is 90.9 Å². The summed E-state index contributed by atoms with van der Waals surface area (Å²) in [7, 11) is 0. The zero-order chi connectivity index (χ0) is 27.3. The molecule has 0 aliphatic heterocycles. The highest BCUT2D eigenvalue weighted by Gasteiger charge is 2.08. The van der Waals surface area contributed by atoms with Gasteiger partial charge in [0, 0.05) is 16.5 Å². The van der Waals surface area contributed by atoms with Crippen LogP contribution in [0.1, 0.15) is 98.6 Å². The largest absolute Gasteiger partial charge is 0.206 e. The van der Waals surface area contributed by atoms with Crippen molar-refractivity contribution in [2.75, 3.05) is 0 Å². The lowest BCUT2D eigenvalue weighted by molar-refractivity contribution is 0.603. The fourth-order valence-electron chi connectivity index (χ4n) is 5.17. The summed E-state index contributed by atoms with van der Waals surface area (Å²) in [6, 6.07) is 27.6. The van der Waals surface area contributed by atoms with E-state index in [0.717, 1.165) is 54.2 Å². The van der Waals surface area contributed by atoms with Crippen LogP contribution in [0.15, 0.2) is 78.9 Å². The Hall–Kier alpha value is -3.37. The van der Waals surface area contributed by atoms with E-state index in [2.05, 4.69) is 74.2 Å². The second-order valence-corrected chi connectivity index (χ2v) is 10.9. The molecule has 0 atom stereocenters. The van der Waals surface area contributed by atoms with Gasteiger partial charge in [0.2, 0.25) is 0 Å². The molecule has 4 aromatic carbocycles. The lowest BCUT2D eigenvalue weighted by Gasteiger charge is -2.07. The van der Waals surface area contributed by atoms with Crippen molar-refractivity contribution < 1.29 is 4.39 Å². The van der Waals surface area contributed by atoms with E-state index in [9.17, 15) is 0 Å². The summed E-state index contributed by atoms with van der Waals surface area (Å²) in [5.41, 5.74) is 6.92. The molecule has 0 amide bonds. The van der Waals surface area contributed by atoms with E-state index in [4.69, 9.17) is 0 Å². The summed E-state index contributed by atoms with van der Waals surface area (Å²) in [6.07, 6.45) is 14.0.